The molecule has 0 aliphatic carbocycles. The maximum Gasteiger partial charge on any atom is 0.262 e. The Kier molecular flexibility index (Phi) is 3.31. The number of aryl methyl sites for hydroxylation is 2. The van der Waals surface area contributed by atoms with Crippen LogP contribution in [-0.4, -0.2) is 17.5 Å². The highest BCUT2D eigenvalue weighted by molar-refractivity contribution is 7.11. The summed E-state index contributed by atoms with van der Waals surface area (Å²) in [6.07, 6.45) is 0. The number of nitrogens with zero attached hydrogens (tertiary/aromatic N) is 1. The second kappa shape index (κ2) is 5.13. The zero-order valence-corrected chi connectivity index (χ0v) is 12.1. The van der Waals surface area contributed by atoms with Crippen molar-refractivity contribution in [1.29, 1.82) is 0 Å². The van der Waals surface area contributed by atoms with Gasteiger partial charge in [0.05, 0.1) is 22.9 Å². The first-order valence-electron chi connectivity index (χ1n) is 6.35. The van der Waals surface area contributed by atoms with Gasteiger partial charge in [-0.1, -0.05) is 0 Å². The summed E-state index contributed by atoms with van der Waals surface area (Å²) >= 11 is 1.70. The third-order valence-corrected chi connectivity index (χ3v) is 4.14. The van der Waals surface area contributed by atoms with Crippen LogP contribution in [-0.2, 0) is 11.3 Å². The predicted molar refractivity (Wildman–Crippen MR) is 79.5 cm³/mol. The molecule has 0 saturated carbocycles. The largest absolute Gasteiger partial charge is 0.482 e. The van der Waals surface area contributed by atoms with Crippen molar-refractivity contribution < 1.29 is 9.53 Å². The summed E-state index contributed by atoms with van der Waals surface area (Å²) in [5, 5.41) is 7.21. The lowest BCUT2D eigenvalue weighted by Crippen LogP contribution is -2.25. The van der Waals surface area contributed by atoms with Crippen molar-refractivity contribution in [2.45, 2.75) is 20.4 Å². The maximum absolute atomic E-state index is 11.2. The van der Waals surface area contributed by atoms with Gasteiger partial charge in [0.1, 0.15) is 5.75 Å². The first-order chi connectivity index (χ1) is 9.61. The van der Waals surface area contributed by atoms with Gasteiger partial charge in [-0.05, 0) is 26.0 Å². The van der Waals surface area contributed by atoms with E-state index in [4.69, 9.17) is 4.74 Å². The van der Waals surface area contributed by atoms with Crippen LogP contribution in [0.15, 0.2) is 18.2 Å². The molecular weight excluding hydrogens is 274 g/mol. The number of benzene rings is 1. The number of carbonyl (C=O) groups is 1. The van der Waals surface area contributed by atoms with Gasteiger partial charge >= 0.3 is 0 Å². The number of thiazole rings is 1. The Morgan fingerprint density at radius 1 is 1.45 bits per heavy atom. The molecule has 0 saturated heterocycles. The van der Waals surface area contributed by atoms with Gasteiger partial charge in [0.2, 0.25) is 0 Å². The van der Waals surface area contributed by atoms with E-state index in [2.05, 4.69) is 15.6 Å². The Bertz CT molecular complexity index is 666. The fourth-order valence-corrected chi connectivity index (χ4v) is 2.98. The molecule has 1 aromatic heterocycles. The minimum absolute atomic E-state index is 0.0730. The molecule has 2 heterocycles. The van der Waals surface area contributed by atoms with E-state index in [0.717, 1.165) is 28.6 Å². The van der Waals surface area contributed by atoms with Crippen LogP contribution in [0.5, 0.6) is 5.75 Å². The Hall–Kier alpha value is -2.08. The number of fused-ring (bicyclic) bond motifs is 1. The molecule has 0 atom stereocenters. The third kappa shape index (κ3) is 2.60. The average Bonchev–Trinajstić information content (AvgIpc) is 2.74. The highest BCUT2D eigenvalue weighted by Crippen LogP contribution is 2.31. The van der Waals surface area contributed by atoms with Crippen molar-refractivity contribution in [3.8, 4) is 5.75 Å². The van der Waals surface area contributed by atoms with E-state index in [-0.39, 0.29) is 12.5 Å². The lowest BCUT2D eigenvalue weighted by Gasteiger charge is -2.18. The van der Waals surface area contributed by atoms with Crippen LogP contribution >= 0.6 is 11.3 Å². The van der Waals surface area contributed by atoms with E-state index in [1.807, 2.05) is 32.0 Å². The summed E-state index contributed by atoms with van der Waals surface area (Å²) in [6, 6.07) is 5.68. The van der Waals surface area contributed by atoms with E-state index in [0.29, 0.717) is 5.75 Å². The summed E-state index contributed by atoms with van der Waals surface area (Å²) in [6.45, 7) is 4.84. The van der Waals surface area contributed by atoms with Crippen molar-refractivity contribution >= 4 is 28.6 Å². The Labute approximate surface area is 121 Å². The van der Waals surface area contributed by atoms with Crippen molar-refractivity contribution in [3.05, 3.63) is 33.8 Å². The summed E-state index contributed by atoms with van der Waals surface area (Å²) in [5.74, 6) is 0.584. The number of amides is 1. The number of rotatable bonds is 3. The molecule has 20 heavy (non-hydrogen) atoms. The third-order valence-electron chi connectivity index (χ3n) is 3.07. The van der Waals surface area contributed by atoms with E-state index in [9.17, 15) is 4.79 Å². The summed E-state index contributed by atoms with van der Waals surface area (Å²) in [7, 11) is 0. The van der Waals surface area contributed by atoms with Crippen LogP contribution in [0.3, 0.4) is 0 Å². The van der Waals surface area contributed by atoms with E-state index in [1.165, 1.54) is 4.88 Å². The maximum atomic E-state index is 11.2. The normalized spacial score (nSPS) is 13.4. The van der Waals surface area contributed by atoms with Gasteiger partial charge in [0.25, 0.3) is 5.91 Å². The fraction of sp³-hybridized carbons (Fsp3) is 0.286. The molecule has 1 aliphatic heterocycles. The van der Waals surface area contributed by atoms with Crippen molar-refractivity contribution in [2.24, 2.45) is 0 Å². The van der Waals surface area contributed by atoms with Crippen LogP contribution in [0.2, 0.25) is 0 Å². The van der Waals surface area contributed by atoms with Gasteiger partial charge < -0.3 is 15.4 Å². The molecule has 0 bridgehead atoms. The number of aromatic nitrogens is 1. The SMILES string of the molecule is Cc1nc(C)c(CNc2ccc3c(c2)OCC(=O)N3)s1. The van der Waals surface area contributed by atoms with Gasteiger partial charge in [-0.25, -0.2) is 4.98 Å². The van der Waals surface area contributed by atoms with Gasteiger partial charge in [-0.3, -0.25) is 4.79 Å². The van der Waals surface area contributed by atoms with Crippen molar-refractivity contribution in [2.75, 3.05) is 17.2 Å². The number of ether oxygens (including phenoxy) is 1. The number of nitrogens with one attached hydrogen (secondary N) is 2. The molecule has 0 spiro atoms. The second-order valence-corrected chi connectivity index (χ2v) is 5.93. The van der Waals surface area contributed by atoms with E-state index < -0.39 is 0 Å². The van der Waals surface area contributed by atoms with Gasteiger partial charge in [0, 0.05) is 16.6 Å². The van der Waals surface area contributed by atoms with E-state index in [1.54, 1.807) is 11.3 Å². The summed E-state index contributed by atoms with van der Waals surface area (Å²) in [5.41, 5.74) is 2.75. The fourth-order valence-electron chi connectivity index (χ4n) is 2.10. The highest BCUT2D eigenvalue weighted by atomic mass is 32.1. The molecule has 1 aliphatic rings. The average molecular weight is 289 g/mol. The molecule has 1 amide bonds. The molecule has 2 N–H and O–H groups in total. The molecule has 3 rings (SSSR count). The zero-order valence-electron chi connectivity index (χ0n) is 11.3. The summed E-state index contributed by atoms with van der Waals surface area (Å²) < 4.78 is 5.39. The first-order valence-corrected chi connectivity index (χ1v) is 7.17. The minimum atomic E-state index is -0.117. The van der Waals surface area contributed by atoms with Gasteiger partial charge in [-0.15, -0.1) is 11.3 Å². The van der Waals surface area contributed by atoms with Crippen LogP contribution in [0, 0.1) is 13.8 Å². The lowest BCUT2D eigenvalue weighted by molar-refractivity contribution is -0.118. The number of hydrogen-bond donors (Lipinski definition) is 2. The molecule has 104 valence electrons. The summed E-state index contributed by atoms with van der Waals surface area (Å²) in [4.78, 5) is 16.8. The number of hydrogen-bond acceptors (Lipinski definition) is 5. The molecule has 0 unspecified atom stereocenters. The van der Waals surface area contributed by atoms with E-state index >= 15 is 0 Å². The first kappa shape index (κ1) is 12.9. The van der Waals surface area contributed by atoms with Gasteiger partial charge in [0.15, 0.2) is 6.61 Å². The Morgan fingerprint density at radius 3 is 3.05 bits per heavy atom. The minimum Gasteiger partial charge on any atom is -0.482 e. The number of carbonyl (C=O) groups excluding carboxylic acids is 1. The predicted octanol–water partition coefficient (Wildman–Crippen LogP) is 2.70. The van der Waals surface area contributed by atoms with Crippen LogP contribution in [0.1, 0.15) is 15.6 Å². The molecule has 0 fully saturated rings. The monoisotopic (exact) mass is 289 g/mol. The Morgan fingerprint density at radius 2 is 2.30 bits per heavy atom. The topological polar surface area (TPSA) is 63.3 Å². The molecule has 1 aromatic carbocycles. The van der Waals surface area contributed by atoms with Crippen LogP contribution in [0.4, 0.5) is 11.4 Å². The van der Waals surface area contributed by atoms with Gasteiger partial charge in [-0.2, -0.15) is 0 Å². The second-order valence-electron chi connectivity index (χ2n) is 4.64. The molecular formula is C14H15N3O2S. The van der Waals surface area contributed by atoms with Crippen molar-refractivity contribution in [3.63, 3.8) is 0 Å². The standard InChI is InChI=1S/C14H15N3O2S/c1-8-13(20-9(2)16-8)6-15-10-3-4-11-12(5-10)19-7-14(18)17-11/h3-5,15H,6-7H2,1-2H3,(H,17,18). The molecule has 5 nitrogen and oxygen atoms in total. The Balaban J connectivity index is 1.72. The number of anilines is 2. The molecule has 0 radical (unpaired) electrons. The lowest BCUT2D eigenvalue weighted by atomic mass is 10.2. The smallest absolute Gasteiger partial charge is 0.262 e. The van der Waals surface area contributed by atoms with Crippen LogP contribution in [0.25, 0.3) is 0 Å². The van der Waals surface area contributed by atoms with Crippen molar-refractivity contribution in [1.82, 2.24) is 4.98 Å². The molecule has 2 aromatic rings. The van der Waals surface area contributed by atoms with Crippen LogP contribution < -0.4 is 15.4 Å². The quantitative estimate of drug-likeness (QED) is 0.912. The molecule has 6 heteroatoms. The zero-order chi connectivity index (χ0) is 14.1. The highest BCUT2D eigenvalue weighted by Gasteiger charge is 2.15.